The smallest absolute Gasteiger partial charge is 0.133 e. The van der Waals surface area contributed by atoms with Gasteiger partial charge in [0.2, 0.25) is 0 Å². The molecule has 0 radical (unpaired) electrons. The average molecular weight is 180 g/mol. The molecule has 0 amide bonds. The minimum absolute atomic E-state index is 0.526. The van der Waals surface area contributed by atoms with Crippen molar-refractivity contribution in [1.82, 2.24) is 0 Å². The van der Waals surface area contributed by atoms with Crippen molar-refractivity contribution in [1.29, 1.82) is 0 Å². The second kappa shape index (κ2) is 3.81. The normalized spacial score (nSPS) is 40.1. The fraction of sp³-hybridized carbons (Fsp3) is 0.917. The lowest BCUT2D eigenvalue weighted by Crippen LogP contribution is -2.30. The summed E-state index contributed by atoms with van der Waals surface area (Å²) in [5.41, 5.74) is 0. The van der Waals surface area contributed by atoms with E-state index in [4.69, 9.17) is 0 Å². The van der Waals surface area contributed by atoms with Gasteiger partial charge < -0.3 is 0 Å². The summed E-state index contributed by atoms with van der Waals surface area (Å²) < 4.78 is 0. The van der Waals surface area contributed by atoms with Crippen molar-refractivity contribution in [2.45, 2.75) is 51.9 Å². The Balaban J connectivity index is 1.95. The summed E-state index contributed by atoms with van der Waals surface area (Å²) in [7, 11) is 0. The van der Waals surface area contributed by atoms with E-state index in [-0.39, 0.29) is 0 Å². The van der Waals surface area contributed by atoms with Gasteiger partial charge in [0.05, 0.1) is 0 Å². The van der Waals surface area contributed by atoms with Gasteiger partial charge in [-0.15, -0.1) is 0 Å². The molecule has 2 saturated carbocycles. The molecule has 13 heavy (non-hydrogen) atoms. The summed E-state index contributed by atoms with van der Waals surface area (Å²) in [6.07, 6.45) is 8.45. The Bertz CT molecular complexity index is 197. The highest BCUT2D eigenvalue weighted by Gasteiger charge is 2.34. The Labute approximate surface area is 80.9 Å². The number of hydrogen-bond donors (Lipinski definition) is 0. The zero-order chi connectivity index (χ0) is 9.26. The van der Waals surface area contributed by atoms with Crippen LogP contribution in [0.4, 0.5) is 0 Å². The third-order valence-electron chi connectivity index (χ3n) is 4.11. The Morgan fingerprint density at radius 2 is 2.08 bits per heavy atom. The molecule has 1 nitrogen and oxygen atoms in total. The molecule has 2 fully saturated rings. The minimum atomic E-state index is 0.526. The number of carbonyl (C=O) groups excluding carboxylic acids is 1. The van der Waals surface area contributed by atoms with E-state index in [0.717, 1.165) is 30.6 Å². The van der Waals surface area contributed by atoms with Crippen molar-refractivity contribution in [3.8, 4) is 0 Å². The lowest BCUT2D eigenvalue weighted by Gasteiger charge is -2.38. The molecule has 0 spiro atoms. The van der Waals surface area contributed by atoms with Crippen molar-refractivity contribution in [3.05, 3.63) is 0 Å². The van der Waals surface area contributed by atoms with Crippen LogP contribution >= 0.6 is 0 Å². The summed E-state index contributed by atoms with van der Waals surface area (Å²) in [6, 6.07) is 0. The first kappa shape index (κ1) is 9.23. The first-order valence-electron chi connectivity index (χ1n) is 5.81. The third kappa shape index (κ3) is 1.95. The standard InChI is InChI=1S/C12H20O/c1-2-9-3-4-10-5-6-12(13)8-11(10)7-9/h9-11H,2-8H2,1H3. The molecule has 0 N–H and O–H groups in total. The van der Waals surface area contributed by atoms with Crippen molar-refractivity contribution in [3.63, 3.8) is 0 Å². The van der Waals surface area contributed by atoms with Gasteiger partial charge in [0.25, 0.3) is 0 Å². The molecular weight excluding hydrogens is 160 g/mol. The van der Waals surface area contributed by atoms with Crippen molar-refractivity contribution >= 4 is 5.78 Å². The predicted octanol–water partition coefficient (Wildman–Crippen LogP) is 3.18. The number of hydrogen-bond acceptors (Lipinski definition) is 1. The minimum Gasteiger partial charge on any atom is -0.300 e. The summed E-state index contributed by atoms with van der Waals surface area (Å²) >= 11 is 0. The van der Waals surface area contributed by atoms with Crippen LogP contribution in [0.15, 0.2) is 0 Å². The van der Waals surface area contributed by atoms with Crippen LogP contribution in [-0.2, 0) is 4.79 Å². The molecule has 0 saturated heterocycles. The molecule has 2 rings (SSSR count). The molecule has 3 unspecified atom stereocenters. The van der Waals surface area contributed by atoms with E-state index >= 15 is 0 Å². The van der Waals surface area contributed by atoms with Gasteiger partial charge in [-0.25, -0.2) is 0 Å². The van der Waals surface area contributed by atoms with Gasteiger partial charge in [-0.1, -0.05) is 19.8 Å². The average Bonchev–Trinajstić information content (AvgIpc) is 2.16. The van der Waals surface area contributed by atoms with E-state index in [0.29, 0.717) is 5.78 Å². The van der Waals surface area contributed by atoms with Crippen LogP contribution in [-0.4, -0.2) is 5.78 Å². The largest absolute Gasteiger partial charge is 0.300 e. The number of fused-ring (bicyclic) bond motifs is 1. The molecule has 3 atom stereocenters. The second-order valence-electron chi connectivity index (χ2n) is 4.89. The molecule has 0 heterocycles. The summed E-state index contributed by atoms with van der Waals surface area (Å²) in [6.45, 7) is 2.29. The van der Waals surface area contributed by atoms with E-state index in [1.165, 1.54) is 32.1 Å². The van der Waals surface area contributed by atoms with Gasteiger partial charge in [-0.3, -0.25) is 4.79 Å². The summed E-state index contributed by atoms with van der Waals surface area (Å²) in [5.74, 6) is 3.12. The second-order valence-corrected chi connectivity index (χ2v) is 4.89. The van der Waals surface area contributed by atoms with Gasteiger partial charge in [0, 0.05) is 12.8 Å². The molecule has 0 aromatic heterocycles. The quantitative estimate of drug-likeness (QED) is 0.605. The number of rotatable bonds is 1. The highest BCUT2D eigenvalue weighted by atomic mass is 16.1. The first-order valence-corrected chi connectivity index (χ1v) is 5.81. The number of carbonyl (C=O) groups is 1. The maximum absolute atomic E-state index is 11.3. The lowest BCUT2D eigenvalue weighted by molar-refractivity contribution is -0.123. The van der Waals surface area contributed by atoms with E-state index < -0.39 is 0 Å². The zero-order valence-electron chi connectivity index (χ0n) is 8.59. The fourth-order valence-electron chi connectivity index (χ4n) is 3.17. The fourth-order valence-corrected chi connectivity index (χ4v) is 3.17. The first-order chi connectivity index (χ1) is 6.29. The van der Waals surface area contributed by atoms with Crippen molar-refractivity contribution in [2.75, 3.05) is 0 Å². The van der Waals surface area contributed by atoms with Crippen LogP contribution < -0.4 is 0 Å². The van der Waals surface area contributed by atoms with Crippen molar-refractivity contribution in [2.24, 2.45) is 17.8 Å². The monoisotopic (exact) mass is 180 g/mol. The predicted molar refractivity (Wildman–Crippen MR) is 53.5 cm³/mol. The van der Waals surface area contributed by atoms with Gasteiger partial charge in [0.1, 0.15) is 5.78 Å². The van der Waals surface area contributed by atoms with Gasteiger partial charge in [-0.05, 0) is 37.0 Å². The molecule has 0 aliphatic heterocycles. The van der Waals surface area contributed by atoms with Gasteiger partial charge in [0.15, 0.2) is 0 Å². The molecule has 0 aromatic rings. The van der Waals surface area contributed by atoms with Crippen LogP contribution in [0, 0.1) is 17.8 Å². The summed E-state index contributed by atoms with van der Waals surface area (Å²) in [4.78, 5) is 11.3. The summed E-state index contributed by atoms with van der Waals surface area (Å²) in [5, 5.41) is 0. The Morgan fingerprint density at radius 1 is 1.23 bits per heavy atom. The molecule has 0 aromatic carbocycles. The maximum atomic E-state index is 11.3. The van der Waals surface area contributed by atoms with Crippen LogP contribution in [0.25, 0.3) is 0 Å². The number of ketones is 1. The molecular formula is C12H20O. The zero-order valence-corrected chi connectivity index (χ0v) is 8.59. The van der Waals surface area contributed by atoms with E-state index in [9.17, 15) is 4.79 Å². The molecule has 0 bridgehead atoms. The molecule has 2 aliphatic rings. The van der Waals surface area contributed by atoms with E-state index in [1.54, 1.807) is 0 Å². The molecule has 74 valence electrons. The Kier molecular flexibility index (Phi) is 2.71. The topological polar surface area (TPSA) is 17.1 Å². The lowest BCUT2D eigenvalue weighted by atomic mass is 9.67. The molecule has 2 aliphatic carbocycles. The van der Waals surface area contributed by atoms with Crippen LogP contribution in [0.2, 0.25) is 0 Å². The van der Waals surface area contributed by atoms with Crippen LogP contribution in [0.5, 0.6) is 0 Å². The highest BCUT2D eigenvalue weighted by molar-refractivity contribution is 5.79. The van der Waals surface area contributed by atoms with E-state index in [1.807, 2.05) is 0 Å². The molecule has 1 heteroatoms. The maximum Gasteiger partial charge on any atom is 0.133 e. The van der Waals surface area contributed by atoms with E-state index in [2.05, 4.69) is 6.92 Å². The Morgan fingerprint density at radius 3 is 2.85 bits per heavy atom. The van der Waals surface area contributed by atoms with Crippen LogP contribution in [0.3, 0.4) is 0 Å². The Hall–Kier alpha value is -0.330. The van der Waals surface area contributed by atoms with Crippen molar-refractivity contribution < 1.29 is 4.79 Å². The highest BCUT2D eigenvalue weighted by Crippen LogP contribution is 2.42. The number of Topliss-reactive ketones (excluding diaryl/α,β-unsaturated/α-hetero) is 1. The van der Waals surface area contributed by atoms with Crippen LogP contribution in [0.1, 0.15) is 51.9 Å². The SMILES string of the molecule is CCC1CCC2CCC(=O)CC2C1. The van der Waals surface area contributed by atoms with Gasteiger partial charge in [-0.2, -0.15) is 0 Å². The van der Waals surface area contributed by atoms with Gasteiger partial charge >= 0.3 is 0 Å². The third-order valence-corrected chi connectivity index (χ3v) is 4.11.